The number of carbonyl (C=O) groups excluding carboxylic acids is 1. The Labute approximate surface area is 94.6 Å². The molecule has 0 aliphatic carbocycles. The molecule has 2 atom stereocenters. The van der Waals surface area contributed by atoms with E-state index in [9.17, 15) is 15.0 Å². The van der Waals surface area contributed by atoms with Gasteiger partial charge < -0.3 is 14.9 Å². The fraction of sp³-hybridized carbons (Fsp3) is 0.300. The molecule has 5 heteroatoms. The van der Waals surface area contributed by atoms with Gasteiger partial charge in [-0.15, -0.1) is 0 Å². The van der Waals surface area contributed by atoms with Gasteiger partial charge in [0.15, 0.2) is 0 Å². The summed E-state index contributed by atoms with van der Waals surface area (Å²) >= 11 is 3.35. The van der Waals surface area contributed by atoms with Crippen LogP contribution in [0.4, 0.5) is 0 Å². The smallest absolute Gasteiger partial charge is 0.342 e. The predicted octanol–water partition coefficient (Wildman–Crippen LogP) is 2.09. The van der Waals surface area contributed by atoms with Gasteiger partial charge in [-0.1, -0.05) is 15.9 Å². The summed E-state index contributed by atoms with van der Waals surface area (Å²) in [7, 11) is 0. The topological polar surface area (TPSA) is 66.8 Å². The molecule has 0 bridgehead atoms. The molecule has 1 aliphatic heterocycles. The Hall–Kier alpha value is -1.23. The predicted molar refractivity (Wildman–Crippen MR) is 56.3 cm³/mol. The van der Waals surface area contributed by atoms with Crippen molar-refractivity contribution in [2.75, 3.05) is 0 Å². The van der Waals surface area contributed by atoms with Crippen LogP contribution in [-0.4, -0.2) is 22.3 Å². The maximum absolute atomic E-state index is 11.5. The van der Waals surface area contributed by atoms with Crippen LogP contribution in [0.1, 0.15) is 27.7 Å². The van der Waals surface area contributed by atoms with Crippen LogP contribution >= 0.6 is 15.9 Å². The highest BCUT2D eigenvalue weighted by Crippen LogP contribution is 2.41. The first-order chi connectivity index (χ1) is 7.00. The number of cyclic esters (lactones) is 1. The number of phenols is 2. The molecule has 1 aromatic rings. The molecule has 0 unspecified atom stereocenters. The van der Waals surface area contributed by atoms with Gasteiger partial charge in [-0.3, -0.25) is 0 Å². The molecule has 0 saturated heterocycles. The van der Waals surface area contributed by atoms with Gasteiger partial charge in [0.2, 0.25) is 0 Å². The number of esters is 1. The fourth-order valence-electron chi connectivity index (χ4n) is 1.61. The van der Waals surface area contributed by atoms with Gasteiger partial charge >= 0.3 is 5.97 Å². The van der Waals surface area contributed by atoms with E-state index in [1.54, 1.807) is 6.92 Å². The second-order valence-electron chi connectivity index (χ2n) is 3.44. The van der Waals surface area contributed by atoms with Gasteiger partial charge in [0.25, 0.3) is 0 Å². The van der Waals surface area contributed by atoms with Crippen molar-refractivity contribution >= 4 is 21.9 Å². The first-order valence-corrected chi connectivity index (χ1v) is 5.33. The Morgan fingerprint density at radius 3 is 2.73 bits per heavy atom. The van der Waals surface area contributed by atoms with Crippen LogP contribution in [-0.2, 0) is 4.74 Å². The van der Waals surface area contributed by atoms with E-state index in [1.807, 2.05) is 0 Å². The summed E-state index contributed by atoms with van der Waals surface area (Å²) in [5.41, 5.74) is 0.670. The molecule has 2 rings (SSSR count). The normalized spacial score (nSPS) is 24.5. The van der Waals surface area contributed by atoms with Crippen molar-refractivity contribution in [3.63, 3.8) is 0 Å². The molecule has 1 heterocycles. The van der Waals surface area contributed by atoms with Crippen molar-refractivity contribution < 1.29 is 19.7 Å². The zero-order chi connectivity index (χ0) is 11.2. The Kier molecular flexibility index (Phi) is 2.34. The van der Waals surface area contributed by atoms with Crippen molar-refractivity contribution in [1.82, 2.24) is 0 Å². The van der Waals surface area contributed by atoms with Crippen LogP contribution in [0.5, 0.6) is 11.5 Å². The lowest BCUT2D eigenvalue weighted by molar-refractivity contribution is 0.0294. The lowest BCUT2D eigenvalue weighted by Gasteiger charge is -2.27. The van der Waals surface area contributed by atoms with E-state index in [0.717, 1.165) is 6.07 Å². The number of ether oxygens (including phenoxy) is 1. The number of hydrogen-bond acceptors (Lipinski definition) is 4. The van der Waals surface area contributed by atoms with E-state index >= 15 is 0 Å². The van der Waals surface area contributed by atoms with Crippen molar-refractivity contribution in [2.24, 2.45) is 0 Å². The van der Waals surface area contributed by atoms with Crippen LogP contribution < -0.4 is 0 Å². The minimum atomic E-state index is -0.564. The maximum Gasteiger partial charge on any atom is 0.342 e. The molecular weight excluding hydrogens is 264 g/mol. The third-order valence-electron chi connectivity index (χ3n) is 2.34. The van der Waals surface area contributed by atoms with E-state index in [2.05, 4.69) is 15.9 Å². The molecular formula is C10H9BrO4. The number of rotatable bonds is 0. The number of phenolic OH excluding ortho intramolecular Hbond substituents is 2. The molecule has 0 amide bonds. The number of alkyl halides is 1. The van der Waals surface area contributed by atoms with Crippen molar-refractivity contribution in [2.45, 2.75) is 17.9 Å². The number of carbonyl (C=O) groups is 1. The Balaban J connectivity index is 2.65. The number of halogens is 1. The number of hydrogen-bond donors (Lipinski definition) is 2. The molecule has 1 aliphatic rings. The monoisotopic (exact) mass is 272 g/mol. The van der Waals surface area contributed by atoms with Crippen molar-refractivity contribution in [3.8, 4) is 11.5 Å². The van der Waals surface area contributed by atoms with Gasteiger partial charge in [-0.2, -0.15) is 0 Å². The minimum Gasteiger partial charge on any atom is -0.508 e. The first-order valence-electron chi connectivity index (χ1n) is 4.41. The Bertz CT molecular complexity index is 430. The van der Waals surface area contributed by atoms with Crippen molar-refractivity contribution in [3.05, 3.63) is 23.3 Å². The highest BCUT2D eigenvalue weighted by Gasteiger charge is 2.33. The largest absolute Gasteiger partial charge is 0.508 e. The summed E-state index contributed by atoms with van der Waals surface area (Å²) in [6, 6.07) is 2.57. The highest BCUT2D eigenvalue weighted by atomic mass is 79.9. The minimum absolute atomic E-state index is 0.0717. The third-order valence-corrected chi connectivity index (χ3v) is 3.58. The average Bonchev–Trinajstić information content (AvgIpc) is 2.12. The van der Waals surface area contributed by atoms with Crippen LogP contribution in [0.15, 0.2) is 12.1 Å². The number of fused-ring (bicyclic) bond motifs is 1. The van der Waals surface area contributed by atoms with E-state index < -0.39 is 5.97 Å². The van der Waals surface area contributed by atoms with E-state index in [1.165, 1.54) is 6.07 Å². The van der Waals surface area contributed by atoms with Crippen molar-refractivity contribution in [1.29, 1.82) is 0 Å². The molecule has 15 heavy (non-hydrogen) atoms. The van der Waals surface area contributed by atoms with Gasteiger partial charge in [0.05, 0.1) is 4.83 Å². The van der Waals surface area contributed by atoms with Gasteiger partial charge in [0.1, 0.15) is 23.2 Å². The van der Waals surface area contributed by atoms with E-state index in [-0.39, 0.29) is 28.0 Å². The van der Waals surface area contributed by atoms with Crippen LogP contribution in [0.3, 0.4) is 0 Å². The molecule has 1 aromatic carbocycles. The summed E-state index contributed by atoms with van der Waals surface area (Å²) in [5, 5.41) is 18.9. The average molecular weight is 273 g/mol. The molecule has 0 spiro atoms. The van der Waals surface area contributed by atoms with E-state index in [0.29, 0.717) is 5.56 Å². The number of aromatic hydroxyl groups is 2. The molecule has 4 nitrogen and oxygen atoms in total. The molecule has 0 fully saturated rings. The van der Waals surface area contributed by atoms with Crippen LogP contribution in [0.2, 0.25) is 0 Å². The SMILES string of the molecule is C[C@H]1OC(=O)c2c(O)cc(O)cc2[C@H]1Br. The fourth-order valence-corrected chi connectivity index (χ4v) is 2.08. The van der Waals surface area contributed by atoms with Gasteiger partial charge in [0, 0.05) is 6.07 Å². The second-order valence-corrected chi connectivity index (χ2v) is 4.43. The summed E-state index contributed by atoms with van der Waals surface area (Å²) in [6.07, 6.45) is -0.328. The zero-order valence-corrected chi connectivity index (χ0v) is 9.48. The summed E-state index contributed by atoms with van der Waals surface area (Å²) in [6.45, 7) is 1.74. The lowest BCUT2D eigenvalue weighted by Crippen LogP contribution is -2.27. The van der Waals surface area contributed by atoms with Crippen LogP contribution in [0, 0.1) is 0 Å². The molecule has 0 radical (unpaired) electrons. The summed E-state index contributed by atoms with van der Waals surface area (Å²) in [5.74, 6) is -0.894. The molecule has 2 N–H and O–H groups in total. The summed E-state index contributed by atoms with van der Waals surface area (Å²) < 4.78 is 5.02. The second kappa shape index (κ2) is 3.41. The maximum atomic E-state index is 11.5. The third kappa shape index (κ3) is 1.56. The Morgan fingerprint density at radius 1 is 1.40 bits per heavy atom. The Morgan fingerprint density at radius 2 is 2.07 bits per heavy atom. The standard InChI is InChI=1S/C10H9BrO4/c1-4-9(11)6-2-5(12)3-7(13)8(6)10(14)15-4/h2-4,9,12-13H,1H3/t4-,9+/m1/s1. The number of benzene rings is 1. The van der Waals surface area contributed by atoms with Crippen LogP contribution in [0.25, 0.3) is 0 Å². The molecule has 80 valence electrons. The molecule has 0 saturated carbocycles. The lowest BCUT2D eigenvalue weighted by atomic mass is 9.98. The first kappa shape index (κ1) is 10.3. The molecule has 0 aromatic heterocycles. The quantitative estimate of drug-likeness (QED) is 0.561. The van der Waals surface area contributed by atoms with Gasteiger partial charge in [-0.25, -0.2) is 4.79 Å². The highest BCUT2D eigenvalue weighted by molar-refractivity contribution is 9.09. The van der Waals surface area contributed by atoms with E-state index in [4.69, 9.17) is 4.74 Å². The zero-order valence-electron chi connectivity index (χ0n) is 7.90. The van der Waals surface area contributed by atoms with Gasteiger partial charge in [-0.05, 0) is 18.6 Å². The summed E-state index contributed by atoms with van der Waals surface area (Å²) in [4.78, 5) is 11.3.